The van der Waals surface area contributed by atoms with E-state index in [4.69, 9.17) is 4.74 Å². The van der Waals surface area contributed by atoms with Crippen molar-refractivity contribution in [2.45, 2.75) is 12.5 Å². The van der Waals surface area contributed by atoms with Crippen LogP contribution in [0.25, 0.3) is 0 Å². The molecule has 1 aliphatic heterocycles. The van der Waals surface area contributed by atoms with Crippen LogP contribution in [0.15, 0.2) is 84.0 Å². The Labute approximate surface area is 174 Å². The van der Waals surface area contributed by atoms with Gasteiger partial charge < -0.3 is 10.1 Å². The molecule has 152 valence electrons. The predicted octanol–water partition coefficient (Wildman–Crippen LogP) is 4.62. The van der Waals surface area contributed by atoms with E-state index >= 15 is 0 Å². The first-order valence-electron chi connectivity index (χ1n) is 9.72. The molecule has 4 rings (SSSR count). The molecule has 0 spiro atoms. The van der Waals surface area contributed by atoms with Crippen molar-refractivity contribution in [3.05, 3.63) is 95.8 Å². The second kappa shape index (κ2) is 8.78. The van der Waals surface area contributed by atoms with Gasteiger partial charge in [-0.2, -0.15) is 5.10 Å². The number of methoxy groups -OCH3 is 1. The topological polar surface area (TPSA) is 53.9 Å². The molecule has 1 heterocycles. The number of halogens is 1. The minimum Gasteiger partial charge on any atom is -0.497 e. The molecule has 0 aliphatic carbocycles. The largest absolute Gasteiger partial charge is 0.497 e. The minimum atomic E-state index is -0.353. The second-order valence-electron chi connectivity index (χ2n) is 7.01. The first-order valence-corrected chi connectivity index (χ1v) is 9.72. The van der Waals surface area contributed by atoms with Crippen LogP contribution in [-0.2, 0) is 4.79 Å². The summed E-state index contributed by atoms with van der Waals surface area (Å²) < 4.78 is 18.7. The molecule has 0 saturated heterocycles. The fourth-order valence-electron chi connectivity index (χ4n) is 3.49. The first-order chi connectivity index (χ1) is 14.6. The summed E-state index contributed by atoms with van der Waals surface area (Å²) >= 11 is 0. The van der Waals surface area contributed by atoms with E-state index < -0.39 is 0 Å². The Morgan fingerprint density at radius 3 is 2.57 bits per heavy atom. The molecule has 0 unspecified atom stereocenters. The fourth-order valence-corrected chi connectivity index (χ4v) is 3.49. The smallest absolute Gasteiger partial charge is 0.262 e. The lowest BCUT2D eigenvalue weighted by molar-refractivity contribution is -0.131. The molecule has 0 saturated carbocycles. The quantitative estimate of drug-likeness (QED) is 0.653. The number of hydrogen-bond acceptors (Lipinski definition) is 4. The van der Waals surface area contributed by atoms with Gasteiger partial charge in [0.1, 0.15) is 11.6 Å². The molecule has 1 aliphatic rings. The zero-order valence-corrected chi connectivity index (χ0v) is 16.6. The van der Waals surface area contributed by atoms with Gasteiger partial charge in [0.25, 0.3) is 5.91 Å². The molecule has 6 heteroatoms. The van der Waals surface area contributed by atoms with Crippen LogP contribution in [0.2, 0.25) is 0 Å². The van der Waals surface area contributed by atoms with E-state index in [1.54, 1.807) is 19.2 Å². The third-order valence-electron chi connectivity index (χ3n) is 5.04. The van der Waals surface area contributed by atoms with Crippen molar-refractivity contribution >= 4 is 17.3 Å². The number of nitrogens with one attached hydrogen (secondary N) is 1. The van der Waals surface area contributed by atoms with E-state index in [1.165, 1.54) is 17.1 Å². The minimum absolute atomic E-state index is 0.0156. The molecule has 0 aromatic heterocycles. The third kappa shape index (κ3) is 4.33. The highest BCUT2D eigenvalue weighted by Crippen LogP contribution is 2.33. The van der Waals surface area contributed by atoms with Crippen LogP contribution in [0.5, 0.6) is 5.75 Å². The highest BCUT2D eigenvalue weighted by atomic mass is 19.1. The maximum atomic E-state index is 13.4. The Morgan fingerprint density at radius 1 is 1.10 bits per heavy atom. The second-order valence-corrected chi connectivity index (χ2v) is 7.01. The van der Waals surface area contributed by atoms with Gasteiger partial charge in [-0.25, -0.2) is 9.40 Å². The standard InChI is InChI=1S/C24H22FN3O2/c1-30-21-12-10-18(11-13-21)23-15-22(17-6-3-2-4-7-17)27-28(23)24(29)16-26-20-9-5-8-19(25)14-20/h2-14,23,26H,15-16H2,1H3/t23-/m1/s1. The lowest BCUT2D eigenvalue weighted by atomic mass is 9.98. The SMILES string of the molecule is COc1ccc([C@H]2CC(c3ccccc3)=NN2C(=O)CNc2cccc(F)c2)cc1. The fraction of sp³-hybridized carbons (Fsp3) is 0.167. The summed E-state index contributed by atoms with van der Waals surface area (Å²) in [5.74, 6) is 0.215. The number of ether oxygens (including phenoxy) is 1. The molecular weight excluding hydrogens is 381 g/mol. The molecule has 1 atom stereocenters. The molecule has 0 fully saturated rings. The Kier molecular flexibility index (Phi) is 5.75. The van der Waals surface area contributed by atoms with Crippen molar-refractivity contribution in [1.29, 1.82) is 0 Å². The maximum Gasteiger partial charge on any atom is 0.262 e. The number of benzene rings is 3. The monoisotopic (exact) mass is 403 g/mol. The van der Waals surface area contributed by atoms with Gasteiger partial charge in [-0.15, -0.1) is 0 Å². The number of carbonyl (C=O) groups excluding carboxylic acids is 1. The molecule has 3 aromatic carbocycles. The van der Waals surface area contributed by atoms with Crippen LogP contribution in [-0.4, -0.2) is 30.3 Å². The van der Waals surface area contributed by atoms with Crippen molar-refractivity contribution in [1.82, 2.24) is 5.01 Å². The summed E-state index contributed by atoms with van der Waals surface area (Å²) in [6, 6.07) is 23.3. The van der Waals surface area contributed by atoms with Crippen LogP contribution >= 0.6 is 0 Å². The van der Waals surface area contributed by atoms with Crippen molar-refractivity contribution in [2.75, 3.05) is 19.0 Å². The molecule has 1 amide bonds. The maximum absolute atomic E-state index is 13.4. The summed E-state index contributed by atoms with van der Waals surface area (Å²) in [6.45, 7) is 0.0156. The van der Waals surface area contributed by atoms with Crippen LogP contribution in [0.4, 0.5) is 10.1 Å². The number of carbonyl (C=O) groups is 1. The molecule has 5 nitrogen and oxygen atoms in total. The van der Waals surface area contributed by atoms with Crippen molar-refractivity contribution < 1.29 is 13.9 Å². The number of rotatable bonds is 6. The number of hydrazone groups is 1. The zero-order valence-electron chi connectivity index (χ0n) is 16.6. The van der Waals surface area contributed by atoms with Crippen LogP contribution < -0.4 is 10.1 Å². The summed E-state index contributed by atoms with van der Waals surface area (Å²) in [7, 11) is 1.62. The average molecular weight is 403 g/mol. The van der Waals surface area contributed by atoms with E-state index in [0.29, 0.717) is 12.1 Å². The lowest BCUT2D eigenvalue weighted by Gasteiger charge is -2.22. The van der Waals surface area contributed by atoms with E-state index in [1.807, 2.05) is 54.6 Å². The summed E-state index contributed by atoms with van der Waals surface area (Å²) in [5.41, 5.74) is 3.38. The Hall–Kier alpha value is -3.67. The first kappa shape index (κ1) is 19.6. The van der Waals surface area contributed by atoms with Gasteiger partial charge in [-0.05, 0) is 41.5 Å². The van der Waals surface area contributed by atoms with Crippen molar-refractivity contribution in [3.63, 3.8) is 0 Å². The molecule has 0 bridgehead atoms. The predicted molar refractivity (Wildman–Crippen MR) is 115 cm³/mol. The van der Waals surface area contributed by atoms with Gasteiger partial charge in [0, 0.05) is 12.1 Å². The number of anilines is 1. The Bertz CT molecular complexity index is 1050. The van der Waals surface area contributed by atoms with Gasteiger partial charge in [0.2, 0.25) is 0 Å². The number of amides is 1. The van der Waals surface area contributed by atoms with Crippen LogP contribution in [0, 0.1) is 5.82 Å². The zero-order chi connectivity index (χ0) is 20.9. The molecule has 0 radical (unpaired) electrons. The van der Waals surface area contributed by atoms with E-state index in [0.717, 1.165) is 22.6 Å². The average Bonchev–Trinajstić information content (AvgIpc) is 3.24. The van der Waals surface area contributed by atoms with E-state index in [9.17, 15) is 9.18 Å². The molecular formula is C24H22FN3O2. The summed E-state index contributed by atoms with van der Waals surface area (Å²) in [5, 5.41) is 9.15. The normalized spacial score (nSPS) is 15.6. The van der Waals surface area contributed by atoms with E-state index in [2.05, 4.69) is 10.4 Å². The summed E-state index contributed by atoms with van der Waals surface area (Å²) in [6.07, 6.45) is 0.613. The third-order valence-corrected chi connectivity index (χ3v) is 5.04. The highest BCUT2D eigenvalue weighted by molar-refractivity contribution is 6.03. The van der Waals surface area contributed by atoms with Gasteiger partial charge in [0.05, 0.1) is 25.4 Å². The van der Waals surface area contributed by atoms with Gasteiger partial charge in [-0.3, -0.25) is 4.79 Å². The lowest BCUT2D eigenvalue weighted by Crippen LogP contribution is -2.32. The molecule has 1 N–H and O–H groups in total. The molecule has 3 aromatic rings. The van der Waals surface area contributed by atoms with Crippen LogP contribution in [0.1, 0.15) is 23.6 Å². The van der Waals surface area contributed by atoms with Gasteiger partial charge in [-0.1, -0.05) is 48.5 Å². The van der Waals surface area contributed by atoms with E-state index in [-0.39, 0.29) is 24.3 Å². The molecule has 30 heavy (non-hydrogen) atoms. The highest BCUT2D eigenvalue weighted by Gasteiger charge is 2.32. The number of nitrogens with zero attached hydrogens (tertiary/aromatic N) is 2. The van der Waals surface area contributed by atoms with Crippen LogP contribution in [0.3, 0.4) is 0 Å². The Balaban J connectivity index is 1.57. The van der Waals surface area contributed by atoms with Crippen molar-refractivity contribution in [2.24, 2.45) is 5.10 Å². The Morgan fingerprint density at radius 2 is 1.87 bits per heavy atom. The number of hydrogen-bond donors (Lipinski definition) is 1. The summed E-state index contributed by atoms with van der Waals surface area (Å²) in [4.78, 5) is 13.0. The van der Waals surface area contributed by atoms with Gasteiger partial charge >= 0.3 is 0 Å². The van der Waals surface area contributed by atoms with Gasteiger partial charge in [0.15, 0.2) is 0 Å². The van der Waals surface area contributed by atoms with Crippen molar-refractivity contribution in [3.8, 4) is 5.75 Å².